The highest BCUT2D eigenvalue weighted by atomic mass is 16.5. The van der Waals surface area contributed by atoms with Crippen molar-refractivity contribution in [1.82, 2.24) is 9.58 Å². The van der Waals surface area contributed by atoms with E-state index >= 15 is 0 Å². The highest BCUT2D eigenvalue weighted by molar-refractivity contribution is 5.96. The molecule has 1 aliphatic rings. The zero-order valence-corrected chi connectivity index (χ0v) is 22.3. The Balaban J connectivity index is 1.61. The van der Waals surface area contributed by atoms with Gasteiger partial charge in [-0.3, -0.25) is 24.1 Å². The molecule has 0 aliphatic carbocycles. The van der Waals surface area contributed by atoms with E-state index in [4.69, 9.17) is 9.47 Å². The molecular weight excluding hydrogens is 506 g/mol. The number of carbonyl (C=O) groups is 2. The summed E-state index contributed by atoms with van der Waals surface area (Å²) in [6.07, 6.45) is 1.65. The molecule has 8 nitrogen and oxygen atoms in total. The summed E-state index contributed by atoms with van der Waals surface area (Å²) in [5.41, 5.74) is 2.61. The van der Waals surface area contributed by atoms with Crippen LogP contribution in [0.1, 0.15) is 46.6 Å². The second-order valence-corrected chi connectivity index (χ2v) is 9.40. The van der Waals surface area contributed by atoms with Gasteiger partial charge in [-0.05, 0) is 23.6 Å². The predicted molar refractivity (Wildman–Crippen MR) is 152 cm³/mol. The third-order valence-corrected chi connectivity index (χ3v) is 6.76. The Morgan fingerprint density at radius 1 is 0.850 bits per heavy atom. The number of pyridine rings is 1. The zero-order chi connectivity index (χ0) is 27.9. The number of fused-ring (bicyclic) bond motifs is 1. The first-order valence-electron chi connectivity index (χ1n) is 13.3. The molecule has 8 heteroatoms. The predicted octanol–water partition coefficient (Wildman–Crippen LogP) is 4.52. The first kappa shape index (κ1) is 26.7. The molecule has 0 radical (unpaired) electrons. The van der Waals surface area contributed by atoms with Crippen LogP contribution in [0.4, 0.5) is 0 Å². The molecule has 1 aromatic heterocycles. The summed E-state index contributed by atoms with van der Waals surface area (Å²) >= 11 is 0. The van der Waals surface area contributed by atoms with Crippen molar-refractivity contribution in [3.63, 3.8) is 0 Å². The monoisotopic (exact) mass is 537 g/mol. The number of hydrogen-bond acceptors (Lipinski definition) is 6. The van der Waals surface area contributed by atoms with Gasteiger partial charge in [0.15, 0.2) is 11.4 Å². The first-order chi connectivity index (χ1) is 19.6. The van der Waals surface area contributed by atoms with Gasteiger partial charge in [-0.1, -0.05) is 91.0 Å². The standard InChI is InChI=1S/C32H31N3O5/c1-2-39-28(37)19-20-33-23-35(29(25-14-8-4-9-15-25)26-16-10-5-11-17-26)34-21-18-27(36)31(30(34)32(33)38)40-22-24-12-6-3-7-13-24/h3-18,21,29H,2,19-20,22-23H2,1H3. The zero-order valence-electron chi connectivity index (χ0n) is 22.3. The third-order valence-electron chi connectivity index (χ3n) is 6.76. The van der Waals surface area contributed by atoms with Crippen molar-refractivity contribution in [3.8, 4) is 5.75 Å². The van der Waals surface area contributed by atoms with Crippen LogP contribution in [-0.2, 0) is 16.1 Å². The van der Waals surface area contributed by atoms with Crippen LogP contribution in [0.25, 0.3) is 0 Å². The van der Waals surface area contributed by atoms with Crippen LogP contribution in [0.3, 0.4) is 0 Å². The summed E-state index contributed by atoms with van der Waals surface area (Å²) in [4.78, 5) is 40.8. The van der Waals surface area contributed by atoms with Gasteiger partial charge in [0.2, 0.25) is 5.43 Å². The van der Waals surface area contributed by atoms with E-state index in [1.54, 1.807) is 22.7 Å². The van der Waals surface area contributed by atoms with Crippen LogP contribution in [0.15, 0.2) is 108 Å². The maximum Gasteiger partial charge on any atom is 0.307 e. The van der Waals surface area contributed by atoms with E-state index < -0.39 is 5.43 Å². The molecule has 0 saturated heterocycles. The molecule has 2 heterocycles. The molecule has 40 heavy (non-hydrogen) atoms. The van der Waals surface area contributed by atoms with Crippen LogP contribution in [0.5, 0.6) is 5.75 Å². The van der Waals surface area contributed by atoms with Crippen LogP contribution in [0, 0.1) is 0 Å². The smallest absolute Gasteiger partial charge is 0.307 e. The number of esters is 1. The molecule has 0 spiro atoms. The number of aromatic nitrogens is 1. The number of amides is 1. The molecule has 1 amide bonds. The fraction of sp³-hybridized carbons (Fsp3) is 0.219. The Hall–Kier alpha value is -4.85. The van der Waals surface area contributed by atoms with E-state index in [1.165, 1.54) is 6.07 Å². The third kappa shape index (κ3) is 5.76. The van der Waals surface area contributed by atoms with E-state index in [1.807, 2.05) is 96.0 Å². The minimum atomic E-state index is -0.390. The molecule has 4 aromatic rings. The molecule has 0 atom stereocenters. The topological polar surface area (TPSA) is 81.1 Å². The fourth-order valence-corrected chi connectivity index (χ4v) is 4.89. The highest BCUT2D eigenvalue weighted by Crippen LogP contribution is 2.32. The van der Waals surface area contributed by atoms with Crippen LogP contribution < -0.4 is 15.2 Å². The average Bonchev–Trinajstić information content (AvgIpc) is 2.99. The lowest BCUT2D eigenvalue weighted by molar-refractivity contribution is -0.143. The molecule has 0 unspecified atom stereocenters. The molecule has 204 valence electrons. The second-order valence-electron chi connectivity index (χ2n) is 9.40. The Labute approximate surface area is 233 Å². The van der Waals surface area contributed by atoms with E-state index in [-0.39, 0.29) is 62.2 Å². The van der Waals surface area contributed by atoms with Crippen molar-refractivity contribution in [2.45, 2.75) is 26.0 Å². The summed E-state index contributed by atoms with van der Waals surface area (Å²) < 4.78 is 12.9. The van der Waals surface area contributed by atoms with Crippen molar-refractivity contribution < 1.29 is 19.1 Å². The summed E-state index contributed by atoms with van der Waals surface area (Å²) in [6.45, 7) is 2.45. The minimum Gasteiger partial charge on any atom is -0.482 e. The maximum atomic E-state index is 13.9. The Morgan fingerprint density at radius 2 is 1.45 bits per heavy atom. The maximum absolute atomic E-state index is 13.9. The number of ether oxygens (including phenoxy) is 2. The Kier molecular flexibility index (Phi) is 8.25. The lowest BCUT2D eigenvalue weighted by Crippen LogP contribution is -2.56. The average molecular weight is 538 g/mol. The van der Waals surface area contributed by atoms with Gasteiger partial charge in [0.1, 0.15) is 13.3 Å². The second kappa shape index (κ2) is 12.3. The SMILES string of the molecule is CCOC(=O)CCN1CN(C(c2ccccc2)c2ccccc2)n2ccc(=O)c(OCc3ccccc3)c2C1=O. The van der Waals surface area contributed by atoms with Crippen molar-refractivity contribution in [2.24, 2.45) is 0 Å². The van der Waals surface area contributed by atoms with Crippen LogP contribution in [0.2, 0.25) is 0 Å². The minimum absolute atomic E-state index is 0.0259. The number of carbonyl (C=O) groups excluding carboxylic acids is 2. The van der Waals surface area contributed by atoms with Gasteiger partial charge in [0.05, 0.1) is 19.1 Å². The number of hydrogen-bond donors (Lipinski definition) is 0. The van der Waals surface area contributed by atoms with Gasteiger partial charge in [-0.25, -0.2) is 0 Å². The summed E-state index contributed by atoms with van der Waals surface area (Å²) in [5, 5.41) is 2.02. The normalized spacial score (nSPS) is 12.8. The van der Waals surface area contributed by atoms with Gasteiger partial charge in [0, 0.05) is 18.8 Å². The van der Waals surface area contributed by atoms with Gasteiger partial charge in [0.25, 0.3) is 5.91 Å². The summed E-state index contributed by atoms with van der Waals surface area (Å²) in [6, 6.07) is 30.5. The number of benzene rings is 3. The molecule has 0 N–H and O–H groups in total. The van der Waals surface area contributed by atoms with E-state index in [9.17, 15) is 14.4 Å². The van der Waals surface area contributed by atoms with Gasteiger partial charge >= 0.3 is 5.97 Å². The van der Waals surface area contributed by atoms with Gasteiger partial charge < -0.3 is 14.4 Å². The van der Waals surface area contributed by atoms with Crippen molar-refractivity contribution in [2.75, 3.05) is 24.8 Å². The molecule has 5 rings (SSSR count). The van der Waals surface area contributed by atoms with Crippen LogP contribution in [-0.4, -0.2) is 41.3 Å². The largest absolute Gasteiger partial charge is 0.482 e. The lowest BCUT2D eigenvalue weighted by Gasteiger charge is -2.44. The molecule has 0 bridgehead atoms. The van der Waals surface area contributed by atoms with Crippen molar-refractivity contribution in [3.05, 3.63) is 136 Å². The molecule has 0 fully saturated rings. The molecular formula is C32H31N3O5. The molecule has 3 aromatic carbocycles. The molecule has 0 saturated carbocycles. The fourth-order valence-electron chi connectivity index (χ4n) is 4.89. The summed E-state index contributed by atoms with van der Waals surface area (Å²) in [7, 11) is 0. The van der Waals surface area contributed by atoms with E-state index in [0.717, 1.165) is 16.7 Å². The van der Waals surface area contributed by atoms with E-state index in [2.05, 4.69) is 0 Å². The molecule has 1 aliphatic heterocycles. The van der Waals surface area contributed by atoms with Gasteiger partial charge in [-0.2, -0.15) is 0 Å². The van der Waals surface area contributed by atoms with Crippen molar-refractivity contribution in [1.29, 1.82) is 0 Å². The van der Waals surface area contributed by atoms with E-state index in [0.29, 0.717) is 0 Å². The number of nitrogens with zero attached hydrogens (tertiary/aromatic N) is 3. The van der Waals surface area contributed by atoms with Crippen molar-refractivity contribution >= 4 is 11.9 Å². The Morgan fingerprint density at radius 3 is 2.05 bits per heavy atom. The number of rotatable bonds is 10. The van der Waals surface area contributed by atoms with Gasteiger partial charge in [-0.15, -0.1) is 0 Å². The Bertz CT molecular complexity index is 1470. The lowest BCUT2D eigenvalue weighted by atomic mass is 9.98. The first-order valence-corrected chi connectivity index (χ1v) is 13.3. The quantitative estimate of drug-likeness (QED) is 0.277. The van der Waals surface area contributed by atoms with Crippen LogP contribution >= 0.6 is 0 Å². The highest BCUT2D eigenvalue weighted by Gasteiger charge is 2.37. The summed E-state index contributed by atoms with van der Waals surface area (Å²) in [5.74, 6) is -0.802.